The van der Waals surface area contributed by atoms with Crippen LogP contribution < -0.4 is 4.90 Å². The number of hydrogen-bond acceptors (Lipinski definition) is 3. The molecule has 0 bridgehead atoms. The number of anilines is 1. The van der Waals surface area contributed by atoms with Crippen molar-refractivity contribution in [1.29, 1.82) is 0 Å². The molecule has 1 saturated heterocycles. The van der Waals surface area contributed by atoms with Crippen LogP contribution in [0.4, 0.5) is 5.82 Å². The Labute approximate surface area is 137 Å². The Balaban J connectivity index is 1.77. The highest BCUT2D eigenvalue weighted by Gasteiger charge is 2.26. The summed E-state index contributed by atoms with van der Waals surface area (Å²) in [5, 5.41) is 0. The first-order valence-corrected chi connectivity index (χ1v) is 8.10. The van der Waals surface area contributed by atoms with Crippen LogP contribution in [0.3, 0.4) is 0 Å². The third-order valence-corrected chi connectivity index (χ3v) is 4.57. The van der Waals surface area contributed by atoms with Crippen LogP contribution in [-0.4, -0.2) is 47.5 Å². The molecule has 0 aromatic carbocycles. The minimum absolute atomic E-state index is 0.129. The third-order valence-electron chi connectivity index (χ3n) is 4.57. The first-order chi connectivity index (χ1) is 11.1. The van der Waals surface area contributed by atoms with Crippen LogP contribution in [-0.2, 0) is 7.05 Å². The lowest BCUT2D eigenvalue weighted by atomic mass is 9.91. The van der Waals surface area contributed by atoms with Crippen molar-refractivity contribution >= 4 is 11.7 Å². The molecule has 3 heterocycles. The van der Waals surface area contributed by atoms with E-state index in [0.717, 1.165) is 37.4 Å². The molecule has 3 rings (SSSR count). The average Bonchev–Trinajstić information content (AvgIpc) is 3.00. The van der Waals surface area contributed by atoms with Gasteiger partial charge in [-0.25, -0.2) is 4.98 Å². The summed E-state index contributed by atoms with van der Waals surface area (Å²) in [6.45, 7) is 1.62. The van der Waals surface area contributed by atoms with Gasteiger partial charge in [-0.1, -0.05) is 0 Å². The standard InChI is InChI=1S/C18H24N4O/c1-20(2)17-12-14(8-9-19-17)15-6-4-11-22(13-15)18(23)16-7-5-10-21(16)3/h5,7-10,12,15H,4,6,11,13H2,1-3H3/t15-/m0/s1. The first kappa shape index (κ1) is 15.6. The summed E-state index contributed by atoms with van der Waals surface area (Å²) >= 11 is 0. The van der Waals surface area contributed by atoms with Crippen LogP contribution in [0.15, 0.2) is 36.7 Å². The molecule has 0 spiro atoms. The zero-order valence-electron chi connectivity index (χ0n) is 14.1. The number of aryl methyl sites for hydroxylation is 1. The summed E-state index contributed by atoms with van der Waals surface area (Å²) in [7, 11) is 5.91. The van der Waals surface area contributed by atoms with E-state index in [4.69, 9.17) is 0 Å². The molecule has 2 aromatic heterocycles. The van der Waals surface area contributed by atoms with Gasteiger partial charge >= 0.3 is 0 Å². The fourth-order valence-corrected chi connectivity index (χ4v) is 3.21. The summed E-state index contributed by atoms with van der Waals surface area (Å²) < 4.78 is 1.89. The second kappa shape index (κ2) is 6.44. The largest absolute Gasteiger partial charge is 0.363 e. The van der Waals surface area contributed by atoms with Crippen molar-refractivity contribution in [3.05, 3.63) is 47.9 Å². The number of amides is 1. The maximum atomic E-state index is 12.7. The van der Waals surface area contributed by atoms with Gasteiger partial charge in [-0.05, 0) is 42.7 Å². The van der Waals surface area contributed by atoms with E-state index in [1.807, 2.05) is 60.0 Å². The Kier molecular flexibility index (Phi) is 4.37. The fourth-order valence-electron chi connectivity index (χ4n) is 3.21. The van der Waals surface area contributed by atoms with Gasteiger partial charge in [0.2, 0.25) is 0 Å². The van der Waals surface area contributed by atoms with Gasteiger partial charge in [0.05, 0.1) is 0 Å². The molecule has 2 aromatic rings. The molecule has 1 aliphatic heterocycles. The van der Waals surface area contributed by atoms with Crippen LogP contribution >= 0.6 is 0 Å². The highest BCUT2D eigenvalue weighted by atomic mass is 16.2. The molecule has 1 atom stereocenters. The van der Waals surface area contributed by atoms with Gasteiger partial charge in [0, 0.05) is 52.5 Å². The molecular formula is C18H24N4O. The van der Waals surface area contributed by atoms with Gasteiger partial charge in [-0.2, -0.15) is 0 Å². The quantitative estimate of drug-likeness (QED) is 0.874. The number of likely N-dealkylation sites (tertiary alicyclic amines) is 1. The van der Waals surface area contributed by atoms with Gasteiger partial charge in [-0.15, -0.1) is 0 Å². The number of rotatable bonds is 3. The van der Waals surface area contributed by atoms with Crippen LogP contribution in [0.2, 0.25) is 0 Å². The maximum absolute atomic E-state index is 12.7. The van der Waals surface area contributed by atoms with Crippen LogP contribution in [0, 0.1) is 0 Å². The number of nitrogens with zero attached hydrogens (tertiary/aromatic N) is 4. The van der Waals surface area contributed by atoms with Crippen LogP contribution in [0.1, 0.15) is 34.8 Å². The van der Waals surface area contributed by atoms with Crippen LogP contribution in [0.25, 0.3) is 0 Å². The van der Waals surface area contributed by atoms with Crippen molar-refractivity contribution < 1.29 is 4.79 Å². The minimum atomic E-state index is 0.129. The number of piperidine rings is 1. The van der Waals surface area contributed by atoms with Crippen molar-refractivity contribution in [3.8, 4) is 0 Å². The van der Waals surface area contributed by atoms with E-state index < -0.39 is 0 Å². The number of aromatic nitrogens is 2. The summed E-state index contributed by atoms with van der Waals surface area (Å²) in [5.41, 5.74) is 2.03. The van der Waals surface area contributed by atoms with E-state index in [1.54, 1.807) is 0 Å². The van der Waals surface area contributed by atoms with Crippen molar-refractivity contribution in [1.82, 2.24) is 14.5 Å². The smallest absolute Gasteiger partial charge is 0.270 e. The number of pyridine rings is 1. The fraction of sp³-hybridized carbons (Fsp3) is 0.444. The summed E-state index contributed by atoms with van der Waals surface area (Å²) in [6, 6.07) is 8.03. The molecule has 0 N–H and O–H groups in total. The topological polar surface area (TPSA) is 41.4 Å². The lowest BCUT2D eigenvalue weighted by molar-refractivity contribution is 0.0697. The second-order valence-electron chi connectivity index (χ2n) is 6.44. The van der Waals surface area contributed by atoms with E-state index >= 15 is 0 Å². The number of carbonyl (C=O) groups is 1. The Bertz CT molecular complexity index is 692. The average molecular weight is 312 g/mol. The van der Waals surface area contributed by atoms with Crippen molar-refractivity contribution in [2.75, 3.05) is 32.1 Å². The summed E-state index contributed by atoms with van der Waals surface area (Å²) in [6.07, 6.45) is 5.94. The summed E-state index contributed by atoms with van der Waals surface area (Å²) in [4.78, 5) is 21.1. The molecule has 5 nitrogen and oxygen atoms in total. The normalized spacial score (nSPS) is 18.0. The molecule has 0 saturated carbocycles. The van der Waals surface area contributed by atoms with Crippen LogP contribution in [0.5, 0.6) is 0 Å². The molecule has 1 amide bonds. The Morgan fingerprint density at radius 3 is 2.87 bits per heavy atom. The monoisotopic (exact) mass is 312 g/mol. The van der Waals surface area contributed by atoms with Gasteiger partial charge in [0.15, 0.2) is 0 Å². The molecule has 0 unspecified atom stereocenters. The lowest BCUT2D eigenvalue weighted by Crippen LogP contribution is -2.39. The predicted octanol–water partition coefficient (Wildman–Crippen LogP) is 2.51. The molecule has 0 aliphatic carbocycles. The number of carbonyl (C=O) groups excluding carboxylic acids is 1. The van der Waals surface area contributed by atoms with E-state index in [1.165, 1.54) is 5.56 Å². The minimum Gasteiger partial charge on any atom is -0.363 e. The highest BCUT2D eigenvalue weighted by molar-refractivity contribution is 5.92. The Hall–Kier alpha value is -2.30. The van der Waals surface area contributed by atoms with E-state index in [2.05, 4.69) is 17.1 Å². The summed E-state index contributed by atoms with van der Waals surface area (Å²) in [5.74, 6) is 1.48. The lowest BCUT2D eigenvalue weighted by Gasteiger charge is -2.33. The van der Waals surface area contributed by atoms with E-state index in [0.29, 0.717) is 5.92 Å². The SMILES string of the molecule is CN(C)c1cc([C@H]2CCCN(C(=O)c3cccn3C)C2)ccn1. The Morgan fingerprint density at radius 1 is 1.35 bits per heavy atom. The maximum Gasteiger partial charge on any atom is 0.270 e. The second-order valence-corrected chi connectivity index (χ2v) is 6.44. The zero-order valence-corrected chi connectivity index (χ0v) is 14.1. The zero-order chi connectivity index (χ0) is 16.4. The van der Waals surface area contributed by atoms with Gasteiger partial charge in [0.1, 0.15) is 11.5 Å². The van der Waals surface area contributed by atoms with Gasteiger partial charge in [0.25, 0.3) is 5.91 Å². The first-order valence-electron chi connectivity index (χ1n) is 8.10. The Morgan fingerprint density at radius 2 is 2.17 bits per heavy atom. The van der Waals surface area contributed by atoms with Crippen molar-refractivity contribution in [2.24, 2.45) is 7.05 Å². The third kappa shape index (κ3) is 3.23. The molecule has 5 heteroatoms. The van der Waals surface area contributed by atoms with E-state index in [-0.39, 0.29) is 5.91 Å². The molecule has 0 radical (unpaired) electrons. The van der Waals surface area contributed by atoms with Crippen molar-refractivity contribution in [3.63, 3.8) is 0 Å². The molecule has 122 valence electrons. The highest BCUT2D eigenvalue weighted by Crippen LogP contribution is 2.29. The number of hydrogen-bond donors (Lipinski definition) is 0. The molecule has 23 heavy (non-hydrogen) atoms. The van der Waals surface area contributed by atoms with Gasteiger partial charge < -0.3 is 14.4 Å². The van der Waals surface area contributed by atoms with E-state index in [9.17, 15) is 4.79 Å². The van der Waals surface area contributed by atoms with Gasteiger partial charge in [-0.3, -0.25) is 4.79 Å². The van der Waals surface area contributed by atoms with Crippen molar-refractivity contribution in [2.45, 2.75) is 18.8 Å². The molecule has 1 aliphatic rings. The molecule has 1 fully saturated rings. The predicted molar refractivity (Wildman–Crippen MR) is 91.9 cm³/mol. The molecular weight excluding hydrogens is 288 g/mol.